The van der Waals surface area contributed by atoms with Crippen LogP contribution in [0.25, 0.3) is 17.4 Å². The van der Waals surface area contributed by atoms with Gasteiger partial charge in [-0.1, -0.05) is 25.0 Å². The molecule has 2 N–H and O–H groups in total. The molecule has 0 radical (unpaired) electrons. The molecule has 8 nitrogen and oxygen atoms in total. The van der Waals surface area contributed by atoms with Crippen molar-refractivity contribution in [3.8, 4) is 11.3 Å². The number of furan rings is 1. The largest absolute Gasteiger partial charge is 0.478 e. The smallest absolute Gasteiger partial charge is 0.335 e. The molecular weight excluding hydrogens is 376 g/mol. The quantitative estimate of drug-likeness (QED) is 0.608. The van der Waals surface area contributed by atoms with E-state index in [9.17, 15) is 19.2 Å². The Labute approximate surface area is 165 Å². The average Bonchev–Trinajstić information content (AvgIpc) is 3.37. The second-order valence-electron chi connectivity index (χ2n) is 7.02. The van der Waals surface area contributed by atoms with Gasteiger partial charge >= 0.3 is 12.0 Å². The van der Waals surface area contributed by atoms with E-state index in [0.717, 1.165) is 30.6 Å². The van der Waals surface area contributed by atoms with Gasteiger partial charge in [0.1, 0.15) is 17.1 Å². The Hall–Kier alpha value is -3.68. The lowest BCUT2D eigenvalue weighted by atomic mass is 10.1. The molecule has 0 unspecified atom stereocenters. The molecular formula is C21H18N2O6. The third kappa shape index (κ3) is 3.56. The van der Waals surface area contributed by atoms with Crippen molar-refractivity contribution in [1.29, 1.82) is 0 Å². The second kappa shape index (κ2) is 7.38. The van der Waals surface area contributed by atoms with Crippen LogP contribution in [0.15, 0.2) is 46.4 Å². The summed E-state index contributed by atoms with van der Waals surface area (Å²) in [5.74, 6) is -1.65. The molecule has 0 bridgehead atoms. The van der Waals surface area contributed by atoms with Crippen molar-refractivity contribution in [3.05, 3.63) is 53.3 Å². The van der Waals surface area contributed by atoms with Crippen molar-refractivity contribution >= 4 is 29.9 Å². The maximum absolute atomic E-state index is 12.8. The van der Waals surface area contributed by atoms with Gasteiger partial charge in [-0.3, -0.25) is 19.8 Å². The topological polar surface area (TPSA) is 117 Å². The maximum Gasteiger partial charge on any atom is 0.335 e. The van der Waals surface area contributed by atoms with Gasteiger partial charge in [0.05, 0.1) is 5.56 Å². The van der Waals surface area contributed by atoms with Crippen LogP contribution in [0.3, 0.4) is 0 Å². The third-order valence-corrected chi connectivity index (χ3v) is 5.15. The lowest BCUT2D eigenvalue weighted by molar-refractivity contribution is -0.131. The van der Waals surface area contributed by atoms with Crippen LogP contribution in [-0.4, -0.2) is 39.9 Å². The highest BCUT2D eigenvalue weighted by Crippen LogP contribution is 2.28. The van der Waals surface area contributed by atoms with Crippen molar-refractivity contribution in [1.82, 2.24) is 10.2 Å². The van der Waals surface area contributed by atoms with E-state index in [0.29, 0.717) is 11.3 Å². The number of hydrogen-bond acceptors (Lipinski definition) is 5. The fourth-order valence-corrected chi connectivity index (χ4v) is 3.67. The highest BCUT2D eigenvalue weighted by molar-refractivity contribution is 6.31. The van der Waals surface area contributed by atoms with Crippen LogP contribution in [0.4, 0.5) is 4.79 Å². The predicted molar refractivity (Wildman–Crippen MR) is 102 cm³/mol. The number of amides is 4. The summed E-state index contributed by atoms with van der Waals surface area (Å²) in [4.78, 5) is 49.2. The van der Waals surface area contributed by atoms with Crippen LogP contribution in [-0.2, 0) is 9.59 Å². The van der Waals surface area contributed by atoms with Crippen LogP contribution in [0.1, 0.15) is 41.8 Å². The molecule has 0 spiro atoms. The van der Waals surface area contributed by atoms with Gasteiger partial charge in [0.15, 0.2) is 0 Å². The first-order chi connectivity index (χ1) is 13.9. The number of carbonyl (C=O) groups is 4. The Balaban J connectivity index is 1.60. The fraction of sp³-hybridized carbons (Fsp3) is 0.238. The molecule has 2 aromatic rings. The summed E-state index contributed by atoms with van der Waals surface area (Å²) in [6.45, 7) is 0. The SMILES string of the molecule is O=C1NC(=O)N(C2CCCC2)C(=O)/C1=C/c1ccc(-c2ccc(C(=O)O)cc2)o1. The number of benzene rings is 1. The number of rotatable bonds is 4. The number of carboxylic acids is 1. The number of carboxylic acid groups (broad SMARTS) is 1. The van der Waals surface area contributed by atoms with Gasteiger partial charge in [-0.05, 0) is 43.2 Å². The number of imide groups is 2. The number of urea groups is 1. The summed E-state index contributed by atoms with van der Waals surface area (Å²) in [6.07, 6.45) is 4.67. The summed E-state index contributed by atoms with van der Waals surface area (Å²) in [6, 6.07) is 8.53. The molecule has 4 amide bonds. The Kier molecular flexibility index (Phi) is 4.75. The molecule has 1 aliphatic carbocycles. The molecule has 29 heavy (non-hydrogen) atoms. The predicted octanol–water partition coefficient (Wildman–Crippen LogP) is 3.05. The summed E-state index contributed by atoms with van der Waals surface area (Å²) < 4.78 is 5.70. The van der Waals surface area contributed by atoms with Crippen molar-refractivity contribution in [3.63, 3.8) is 0 Å². The number of nitrogens with one attached hydrogen (secondary N) is 1. The minimum absolute atomic E-state index is 0.154. The summed E-state index contributed by atoms with van der Waals surface area (Å²) in [5, 5.41) is 11.2. The first-order valence-electron chi connectivity index (χ1n) is 9.28. The first kappa shape index (κ1) is 18.7. The van der Waals surface area contributed by atoms with E-state index in [1.54, 1.807) is 24.3 Å². The molecule has 2 aliphatic rings. The molecule has 2 fully saturated rings. The van der Waals surface area contributed by atoms with Gasteiger partial charge in [-0.2, -0.15) is 0 Å². The van der Waals surface area contributed by atoms with E-state index in [1.165, 1.54) is 18.2 Å². The minimum atomic E-state index is -1.02. The van der Waals surface area contributed by atoms with Crippen LogP contribution >= 0.6 is 0 Å². The van der Waals surface area contributed by atoms with E-state index in [2.05, 4.69) is 5.32 Å². The van der Waals surface area contributed by atoms with E-state index >= 15 is 0 Å². The van der Waals surface area contributed by atoms with Crippen LogP contribution in [0.5, 0.6) is 0 Å². The van der Waals surface area contributed by atoms with Gasteiger partial charge in [0.25, 0.3) is 11.8 Å². The lowest BCUT2D eigenvalue weighted by Gasteiger charge is -2.30. The molecule has 1 saturated carbocycles. The van der Waals surface area contributed by atoms with E-state index < -0.39 is 23.8 Å². The number of aromatic carboxylic acids is 1. The zero-order valence-electron chi connectivity index (χ0n) is 15.4. The lowest BCUT2D eigenvalue weighted by Crippen LogP contribution is -2.57. The molecule has 1 saturated heterocycles. The van der Waals surface area contributed by atoms with Gasteiger partial charge in [-0.25, -0.2) is 9.59 Å². The van der Waals surface area contributed by atoms with Gasteiger partial charge in [0.2, 0.25) is 0 Å². The van der Waals surface area contributed by atoms with Crippen LogP contribution < -0.4 is 5.32 Å². The Bertz CT molecular complexity index is 1030. The monoisotopic (exact) mass is 394 g/mol. The number of hydrogen-bond donors (Lipinski definition) is 2. The molecule has 0 atom stereocenters. The Morgan fingerprint density at radius 1 is 1.07 bits per heavy atom. The number of carbonyl (C=O) groups excluding carboxylic acids is 3. The van der Waals surface area contributed by atoms with E-state index in [1.807, 2.05) is 0 Å². The molecule has 1 aromatic carbocycles. The zero-order chi connectivity index (χ0) is 20.5. The Morgan fingerprint density at radius 3 is 2.41 bits per heavy atom. The third-order valence-electron chi connectivity index (χ3n) is 5.15. The van der Waals surface area contributed by atoms with Gasteiger partial charge < -0.3 is 9.52 Å². The van der Waals surface area contributed by atoms with Crippen LogP contribution in [0, 0.1) is 0 Å². The standard InChI is InChI=1S/C21H18N2O6/c24-18-16(19(25)23(21(28)22-18)14-3-1-2-4-14)11-15-9-10-17(29-15)12-5-7-13(8-6-12)20(26)27/h5-11,14H,1-4H2,(H,26,27)(H,22,24,28)/b16-11+. The fourth-order valence-electron chi connectivity index (χ4n) is 3.67. The van der Waals surface area contributed by atoms with Crippen molar-refractivity contribution in [2.45, 2.75) is 31.7 Å². The summed E-state index contributed by atoms with van der Waals surface area (Å²) in [7, 11) is 0. The number of barbiturate groups is 1. The van der Waals surface area contributed by atoms with Crippen molar-refractivity contribution < 1.29 is 28.7 Å². The van der Waals surface area contributed by atoms with Crippen LogP contribution in [0.2, 0.25) is 0 Å². The maximum atomic E-state index is 12.8. The van der Waals surface area contributed by atoms with Crippen molar-refractivity contribution in [2.75, 3.05) is 0 Å². The molecule has 1 aliphatic heterocycles. The molecule has 8 heteroatoms. The normalized spacial score (nSPS) is 19.1. The molecule has 148 valence electrons. The zero-order valence-corrected chi connectivity index (χ0v) is 15.4. The van der Waals surface area contributed by atoms with E-state index in [4.69, 9.17) is 9.52 Å². The summed E-state index contributed by atoms with van der Waals surface area (Å²) >= 11 is 0. The Morgan fingerprint density at radius 2 is 1.76 bits per heavy atom. The molecule has 1 aromatic heterocycles. The van der Waals surface area contributed by atoms with Gasteiger partial charge in [0, 0.05) is 11.6 Å². The average molecular weight is 394 g/mol. The number of nitrogens with zero attached hydrogens (tertiary/aromatic N) is 1. The van der Waals surface area contributed by atoms with Crippen molar-refractivity contribution in [2.24, 2.45) is 0 Å². The highest BCUT2D eigenvalue weighted by Gasteiger charge is 2.40. The second-order valence-corrected chi connectivity index (χ2v) is 7.02. The highest BCUT2D eigenvalue weighted by atomic mass is 16.4. The molecule has 2 heterocycles. The minimum Gasteiger partial charge on any atom is -0.478 e. The van der Waals surface area contributed by atoms with Gasteiger partial charge in [-0.15, -0.1) is 0 Å². The van der Waals surface area contributed by atoms with E-state index in [-0.39, 0.29) is 22.9 Å². The summed E-state index contributed by atoms with van der Waals surface area (Å²) in [5.41, 5.74) is 0.657. The molecule has 4 rings (SSSR count). The first-order valence-corrected chi connectivity index (χ1v) is 9.28.